The Morgan fingerprint density at radius 3 is 2.39 bits per heavy atom. The summed E-state index contributed by atoms with van der Waals surface area (Å²) >= 11 is 0. The average Bonchev–Trinajstić information content (AvgIpc) is 2.88. The van der Waals surface area contributed by atoms with Crippen molar-refractivity contribution in [3.05, 3.63) is 95.6 Å². The van der Waals surface area contributed by atoms with Crippen LogP contribution in [0.25, 0.3) is 11.1 Å². The lowest BCUT2D eigenvalue weighted by molar-refractivity contribution is 0.0724. The lowest BCUT2D eigenvalue weighted by Gasteiger charge is -2.26. The van der Waals surface area contributed by atoms with Gasteiger partial charge in [-0.25, -0.2) is 4.79 Å². The third kappa shape index (κ3) is 5.80. The average molecular weight is 442 g/mol. The first-order valence-corrected chi connectivity index (χ1v) is 11.6. The van der Waals surface area contributed by atoms with Crippen molar-refractivity contribution < 1.29 is 9.59 Å². The fourth-order valence-corrected chi connectivity index (χ4v) is 4.29. The number of nitrogens with zero attached hydrogens (tertiary/aromatic N) is 2. The zero-order chi connectivity index (χ0) is 23.0. The van der Waals surface area contributed by atoms with Crippen LogP contribution < -0.4 is 5.32 Å². The van der Waals surface area contributed by atoms with Crippen LogP contribution in [-0.4, -0.2) is 41.9 Å². The van der Waals surface area contributed by atoms with E-state index in [1.165, 1.54) is 6.42 Å². The van der Waals surface area contributed by atoms with Crippen LogP contribution in [0.4, 0.5) is 4.79 Å². The Morgan fingerprint density at radius 1 is 0.879 bits per heavy atom. The number of hydrogen-bond donors (Lipinski definition) is 1. The molecule has 0 spiro atoms. The summed E-state index contributed by atoms with van der Waals surface area (Å²) in [7, 11) is 1.80. The van der Waals surface area contributed by atoms with Gasteiger partial charge in [0.1, 0.15) is 0 Å². The highest BCUT2D eigenvalue weighted by Crippen LogP contribution is 2.24. The molecule has 5 heteroatoms. The second-order valence-electron chi connectivity index (χ2n) is 8.59. The number of carbonyl (C=O) groups excluding carboxylic acids is 2. The molecule has 1 saturated heterocycles. The summed E-state index contributed by atoms with van der Waals surface area (Å²) in [5, 5.41) is 2.99. The van der Waals surface area contributed by atoms with Crippen molar-refractivity contribution in [2.24, 2.45) is 0 Å². The van der Waals surface area contributed by atoms with Gasteiger partial charge in [-0.3, -0.25) is 4.79 Å². The molecule has 1 fully saturated rings. The quantitative estimate of drug-likeness (QED) is 0.563. The van der Waals surface area contributed by atoms with Gasteiger partial charge in [-0.05, 0) is 53.6 Å². The molecule has 0 bridgehead atoms. The first-order chi connectivity index (χ1) is 16.1. The lowest BCUT2D eigenvalue weighted by atomic mass is 9.99. The molecule has 0 aliphatic carbocycles. The zero-order valence-corrected chi connectivity index (χ0v) is 19.2. The fourth-order valence-electron chi connectivity index (χ4n) is 4.29. The molecular formula is C28H31N3O2. The van der Waals surface area contributed by atoms with Crippen LogP contribution in [0.1, 0.15) is 40.7 Å². The van der Waals surface area contributed by atoms with Crippen molar-refractivity contribution in [1.82, 2.24) is 15.1 Å². The second kappa shape index (κ2) is 10.8. The number of piperidine rings is 1. The molecule has 0 aromatic heterocycles. The van der Waals surface area contributed by atoms with Gasteiger partial charge in [-0.15, -0.1) is 0 Å². The number of benzene rings is 3. The minimum absolute atomic E-state index is 0.0810. The Hall–Kier alpha value is -3.60. The smallest absolute Gasteiger partial charge is 0.317 e. The summed E-state index contributed by atoms with van der Waals surface area (Å²) in [5.74, 6) is 0.0810. The van der Waals surface area contributed by atoms with Crippen LogP contribution in [0.3, 0.4) is 0 Å². The normalized spacial score (nSPS) is 13.4. The third-order valence-corrected chi connectivity index (χ3v) is 6.12. The summed E-state index contributed by atoms with van der Waals surface area (Å²) < 4.78 is 0. The van der Waals surface area contributed by atoms with E-state index < -0.39 is 0 Å². The molecular weight excluding hydrogens is 410 g/mol. The summed E-state index contributed by atoms with van der Waals surface area (Å²) in [5.41, 5.74) is 4.97. The predicted octanol–water partition coefficient (Wildman–Crippen LogP) is 5.32. The molecule has 0 unspecified atom stereocenters. The maximum absolute atomic E-state index is 12.8. The number of rotatable bonds is 6. The molecule has 1 aliphatic heterocycles. The number of amides is 3. The van der Waals surface area contributed by atoms with Crippen molar-refractivity contribution in [3.63, 3.8) is 0 Å². The maximum Gasteiger partial charge on any atom is 0.317 e. The van der Waals surface area contributed by atoms with Crippen LogP contribution in [0, 0.1) is 0 Å². The van der Waals surface area contributed by atoms with Crippen molar-refractivity contribution >= 4 is 11.9 Å². The topological polar surface area (TPSA) is 52.7 Å². The molecule has 0 saturated carbocycles. The van der Waals surface area contributed by atoms with E-state index in [-0.39, 0.29) is 11.9 Å². The highest BCUT2D eigenvalue weighted by Gasteiger charge is 2.18. The van der Waals surface area contributed by atoms with E-state index in [4.69, 9.17) is 0 Å². The standard InChI is InChI=1S/C28H31N3O2/c1-30(21-25-14-6-7-16-26(25)23-12-4-2-5-13-23)28(33)29-20-22-11-10-15-24(19-22)27(32)31-17-8-3-9-18-31/h2,4-7,10-16,19H,3,8-9,17-18,20-21H2,1H3,(H,29,33). The van der Waals surface area contributed by atoms with E-state index in [2.05, 4.69) is 29.6 Å². The van der Waals surface area contributed by atoms with E-state index in [1.807, 2.05) is 59.5 Å². The van der Waals surface area contributed by atoms with Crippen LogP contribution >= 0.6 is 0 Å². The Balaban J connectivity index is 1.36. The van der Waals surface area contributed by atoms with Gasteiger partial charge in [0, 0.05) is 38.8 Å². The number of nitrogens with one attached hydrogen (secondary N) is 1. The highest BCUT2D eigenvalue weighted by molar-refractivity contribution is 5.94. The van der Waals surface area contributed by atoms with Gasteiger partial charge >= 0.3 is 6.03 Å². The Kier molecular flexibility index (Phi) is 7.40. The van der Waals surface area contributed by atoms with Gasteiger partial charge in [0.15, 0.2) is 0 Å². The van der Waals surface area contributed by atoms with Crippen molar-refractivity contribution in [2.45, 2.75) is 32.4 Å². The lowest BCUT2D eigenvalue weighted by Crippen LogP contribution is -2.37. The van der Waals surface area contributed by atoms with E-state index in [9.17, 15) is 9.59 Å². The second-order valence-corrected chi connectivity index (χ2v) is 8.59. The first-order valence-electron chi connectivity index (χ1n) is 11.6. The fraction of sp³-hybridized carbons (Fsp3) is 0.286. The predicted molar refractivity (Wildman–Crippen MR) is 132 cm³/mol. The summed E-state index contributed by atoms with van der Waals surface area (Å²) in [6.45, 7) is 2.54. The molecule has 3 aromatic rings. The SMILES string of the molecule is CN(Cc1ccccc1-c1ccccc1)C(=O)NCc1cccc(C(=O)N2CCCCC2)c1. The van der Waals surface area contributed by atoms with E-state index in [1.54, 1.807) is 11.9 Å². The highest BCUT2D eigenvalue weighted by atomic mass is 16.2. The largest absolute Gasteiger partial charge is 0.339 e. The third-order valence-electron chi connectivity index (χ3n) is 6.12. The first kappa shape index (κ1) is 22.6. The maximum atomic E-state index is 12.8. The molecule has 0 atom stereocenters. The molecule has 1 N–H and O–H groups in total. The van der Waals surface area contributed by atoms with Gasteiger partial charge in [-0.2, -0.15) is 0 Å². The Bertz CT molecular complexity index is 1090. The van der Waals surface area contributed by atoms with Gasteiger partial charge in [-0.1, -0.05) is 66.7 Å². The van der Waals surface area contributed by atoms with E-state index in [0.29, 0.717) is 18.7 Å². The molecule has 3 amide bonds. The molecule has 3 aromatic carbocycles. The minimum Gasteiger partial charge on any atom is -0.339 e. The van der Waals surface area contributed by atoms with Crippen LogP contribution in [-0.2, 0) is 13.1 Å². The Labute approximate surface area is 196 Å². The van der Waals surface area contributed by atoms with Gasteiger partial charge in [0.2, 0.25) is 0 Å². The molecule has 1 heterocycles. The van der Waals surface area contributed by atoms with Crippen molar-refractivity contribution in [1.29, 1.82) is 0 Å². The van der Waals surface area contributed by atoms with Crippen molar-refractivity contribution in [2.75, 3.05) is 20.1 Å². The molecule has 5 nitrogen and oxygen atoms in total. The molecule has 1 aliphatic rings. The minimum atomic E-state index is -0.148. The molecule has 170 valence electrons. The van der Waals surface area contributed by atoms with E-state index >= 15 is 0 Å². The van der Waals surface area contributed by atoms with Crippen LogP contribution in [0.2, 0.25) is 0 Å². The summed E-state index contributed by atoms with van der Waals surface area (Å²) in [6.07, 6.45) is 3.33. The number of likely N-dealkylation sites (tertiary alicyclic amines) is 1. The molecule has 4 rings (SSSR count). The van der Waals surface area contributed by atoms with Gasteiger partial charge < -0.3 is 15.1 Å². The van der Waals surface area contributed by atoms with Gasteiger partial charge in [0.05, 0.1) is 0 Å². The van der Waals surface area contributed by atoms with Crippen LogP contribution in [0.15, 0.2) is 78.9 Å². The van der Waals surface area contributed by atoms with Crippen molar-refractivity contribution in [3.8, 4) is 11.1 Å². The zero-order valence-electron chi connectivity index (χ0n) is 19.2. The molecule has 0 radical (unpaired) electrons. The van der Waals surface area contributed by atoms with E-state index in [0.717, 1.165) is 48.2 Å². The number of urea groups is 1. The monoisotopic (exact) mass is 441 g/mol. The Morgan fingerprint density at radius 2 is 1.61 bits per heavy atom. The number of carbonyl (C=O) groups is 2. The van der Waals surface area contributed by atoms with Crippen LogP contribution in [0.5, 0.6) is 0 Å². The number of hydrogen-bond acceptors (Lipinski definition) is 2. The summed E-state index contributed by atoms with van der Waals surface area (Å²) in [4.78, 5) is 29.2. The van der Waals surface area contributed by atoms with Gasteiger partial charge in [0.25, 0.3) is 5.91 Å². The summed E-state index contributed by atoms with van der Waals surface area (Å²) in [6, 6.07) is 25.8. The molecule has 33 heavy (non-hydrogen) atoms.